The Morgan fingerprint density at radius 3 is 3.07 bits per heavy atom. The van der Waals surface area contributed by atoms with Crippen LogP contribution in [0.2, 0.25) is 0 Å². The van der Waals surface area contributed by atoms with Crippen LogP contribution in [0.15, 0.2) is 18.2 Å². The van der Waals surface area contributed by atoms with Gasteiger partial charge >= 0.3 is 0 Å². The highest BCUT2D eigenvalue weighted by Gasteiger charge is 2.09. The molecule has 2 N–H and O–H groups in total. The second kappa shape index (κ2) is 2.99. The Morgan fingerprint density at radius 1 is 1.33 bits per heavy atom. The molecule has 0 unspecified atom stereocenters. The number of aromatic amines is 1. The summed E-state index contributed by atoms with van der Waals surface area (Å²) in [4.78, 5) is 4.32. The first kappa shape index (κ1) is 8.30. The van der Waals surface area contributed by atoms with Crippen molar-refractivity contribution in [3.8, 4) is 16.6 Å². The molecule has 2 heterocycles. The Labute approximate surface area is 87.6 Å². The van der Waals surface area contributed by atoms with E-state index in [1.807, 2.05) is 0 Å². The van der Waals surface area contributed by atoms with E-state index in [2.05, 4.69) is 25.6 Å². The van der Waals surface area contributed by atoms with E-state index in [-0.39, 0.29) is 5.75 Å². The maximum Gasteiger partial charge on any atom is 0.233 e. The number of aromatic hydroxyl groups is 1. The van der Waals surface area contributed by atoms with E-state index in [4.69, 9.17) is 0 Å². The summed E-state index contributed by atoms with van der Waals surface area (Å²) in [7, 11) is 0. The molecule has 0 saturated heterocycles. The van der Waals surface area contributed by atoms with Gasteiger partial charge in [-0.1, -0.05) is 0 Å². The molecule has 2 aromatic heterocycles. The van der Waals surface area contributed by atoms with Gasteiger partial charge in [0.25, 0.3) is 0 Å². The lowest BCUT2D eigenvalue weighted by molar-refractivity contribution is 0.476. The summed E-state index contributed by atoms with van der Waals surface area (Å²) in [5, 5.41) is 23.5. The highest BCUT2D eigenvalue weighted by Crippen LogP contribution is 2.29. The molecule has 3 aromatic rings. The number of fused-ring (bicyclic) bond motifs is 1. The van der Waals surface area contributed by atoms with E-state index in [1.54, 1.807) is 18.2 Å². The smallest absolute Gasteiger partial charge is 0.233 e. The number of benzene rings is 1. The Kier molecular flexibility index (Phi) is 1.65. The predicted molar refractivity (Wildman–Crippen MR) is 54.5 cm³/mol. The summed E-state index contributed by atoms with van der Waals surface area (Å²) in [6, 6.07) is 5.02. The van der Waals surface area contributed by atoms with Crippen LogP contribution in [0.25, 0.3) is 21.0 Å². The van der Waals surface area contributed by atoms with E-state index >= 15 is 0 Å². The fourth-order valence-electron chi connectivity index (χ4n) is 1.26. The van der Waals surface area contributed by atoms with Gasteiger partial charge in [-0.25, -0.2) is 4.98 Å². The van der Waals surface area contributed by atoms with Crippen LogP contribution < -0.4 is 0 Å². The second-order valence-electron chi connectivity index (χ2n) is 2.91. The lowest BCUT2D eigenvalue weighted by Crippen LogP contribution is -1.77. The van der Waals surface area contributed by atoms with Crippen molar-refractivity contribution in [2.45, 2.75) is 0 Å². The summed E-state index contributed by atoms with van der Waals surface area (Å²) < 4.78 is 0.898. The molecule has 0 aliphatic rings. The minimum absolute atomic E-state index is 0.228. The fraction of sp³-hybridized carbons (Fsp3) is 0. The first-order valence-corrected chi connectivity index (χ1v) is 4.98. The number of hydrogen-bond donors (Lipinski definition) is 2. The van der Waals surface area contributed by atoms with Crippen LogP contribution in [-0.4, -0.2) is 30.7 Å². The monoisotopic (exact) mass is 219 g/mol. The predicted octanol–water partition coefficient (Wildman–Crippen LogP) is 1.18. The van der Waals surface area contributed by atoms with Crippen molar-refractivity contribution < 1.29 is 5.11 Å². The van der Waals surface area contributed by atoms with Crippen molar-refractivity contribution in [3.05, 3.63) is 18.2 Å². The number of H-pyrrole nitrogens is 1. The molecule has 0 aliphatic heterocycles. The average Bonchev–Trinajstić information content (AvgIpc) is 2.84. The highest BCUT2D eigenvalue weighted by molar-refractivity contribution is 7.21. The molecule has 0 bridgehead atoms. The number of hydrogen-bond acceptors (Lipinski definition) is 6. The Morgan fingerprint density at radius 2 is 2.27 bits per heavy atom. The van der Waals surface area contributed by atoms with Crippen molar-refractivity contribution in [1.82, 2.24) is 25.6 Å². The van der Waals surface area contributed by atoms with E-state index < -0.39 is 0 Å². The summed E-state index contributed by atoms with van der Waals surface area (Å²) in [5.41, 5.74) is 0.817. The van der Waals surface area contributed by atoms with Gasteiger partial charge < -0.3 is 5.11 Å². The van der Waals surface area contributed by atoms with Gasteiger partial charge in [-0.3, -0.25) is 0 Å². The maximum atomic E-state index is 9.30. The molecular weight excluding hydrogens is 214 g/mol. The summed E-state index contributed by atoms with van der Waals surface area (Å²) in [6.07, 6.45) is 0. The van der Waals surface area contributed by atoms with E-state index in [0.29, 0.717) is 10.8 Å². The Bertz CT molecular complexity index is 603. The van der Waals surface area contributed by atoms with E-state index in [1.165, 1.54) is 11.3 Å². The number of nitrogens with zero attached hydrogens (tertiary/aromatic N) is 4. The van der Waals surface area contributed by atoms with E-state index in [0.717, 1.165) is 10.2 Å². The molecular formula is C8H5N5OS. The molecule has 0 fully saturated rings. The quantitative estimate of drug-likeness (QED) is 0.641. The Balaban J connectivity index is 2.22. The molecule has 1 aromatic carbocycles. The Hall–Kier alpha value is -2.02. The lowest BCUT2D eigenvalue weighted by atomic mass is 10.3. The zero-order valence-corrected chi connectivity index (χ0v) is 8.19. The molecule has 0 amide bonds. The van der Waals surface area contributed by atoms with Gasteiger partial charge in [-0.2, -0.15) is 5.21 Å². The van der Waals surface area contributed by atoms with Gasteiger partial charge in [-0.15, -0.1) is 21.5 Å². The zero-order chi connectivity index (χ0) is 10.3. The van der Waals surface area contributed by atoms with Gasteiger partial charge in [0, 0.05) is 0 Å². The van der Waals surface area contributed by atoms with Crippen LogP contribution in [0.1, 0.15) is 0 Å². The molecule has 0 radical (unpaired) electrons. The van der Waals surface area contributed by atoms with Gasteiger partial charge in [-0.05, 0) is 23.4 Å². The zero-order valence-electron chi connectivity index (χ0n) is 7.38. The fourth-order valence-corrected chi connectivity index (χ4v) is 2.19. The van der Waals surface area contributed by atoms with Crippen LogP contribution in [0.3, 0.4) is 0 Å². The van der Waals surface area contributed by atoms with E-state index in [9.17, 15) is 5.11 Å². The number of rotatable bonds is 1. The largest absolute Gasteiger partial charge is 0.508 e. The second-order valence-corrected chi connectivity index (χ2v) is 3.94. The van der Waals surface area contributed by atoms with Gasteiger partial charge in [0.05, 0.1) is 10.2 Å². The van der Waals surface area contributed by atoms with Gasteiger partial charge in [0.15, 0.2) is 5.01 Å². The molecule has 3 rings (SSSR count). The third-order valence-electron chi connectivity index (χ3n) is 1.91. The summed E-state index contributed by atoms with van der Waals surface area (Å²) >= 11 is 1.41. The normalized spacial score (nSPS) is 10.9. The average molecular weight is 219 g/mol. The molecule has 7 heteroatoms. The van der Waals surface area contributed by atoms with Crippen LogP contribution in [0.5, 0.6) is 5.75 Å². The number of aromatic nitrogens is 5. The first-order chi connectivity index (χ1) is 7.33. The number of phenols is 1. The summed E-state index contributed by atoms with van der Waals surface area (Å²) in [6.45, 7) is 0. The molecule has 0 saturated carbocycles. The molecule has 15 heavy (non-hydrogen) atoms. The van der Waals surface area contributed by atoms with Crippen molar-refractivity contribution in [2.24, 2.45) is 0 Å². The van der Waals surface area contributed by atoms with Crippen molar-refractivity contribution in [2.75, 3.05) is 0 Å². The number of phenolic OH excluding ortho intramolecular Hbond substituents is 1. The van der Waals surface area contributed by atoms with Gasteiger partial charge in [0.2, 0.25) is 5.82 Å². The lowest BCUT2D eigenvalue weighted by Gasteiger charge is -1.87. The van der Waals surface area contributed by atoms with Crippen LogP contribution in [0.4, 0.5) is 0 Å². The highest BCUT2D eigenvalue weighted by atomic mass is 32.1. The minimum Gasteiger partial charge on any atom is -0.508 e. The van der Waals surface area contributed by atoms with Crippen LogP contribution in [0, 0.1) is 0 Å². The van der Waals surface area contributed by atoms with Crippen molar-refractivity contribution in [3.63, 3.8) is 0 Å². The maximum absolute atomic E-state index is 9.30. The molecule has 6 nitrogen and oxygen atoms in total. The topological polar surface area (TPSA) is 87.6 Å². The SMILES string of the molecule is Oc1ccc2nc(-c3nn[nH]n3)sc2c1. The molecule has 74 valence electrons. The molecule has 0 aliphatic carbocycles. The van der Waals surface area contributed by atoms with Gasteiger partial charge in [0.1, 0.15) is 5.75 Å². The van der Waals surface area contributed by atoms with Crippen molar-refractivity contribution in [1.29, 1.82) is 0 Å². The first-order valence-electron chi connectivity index (χ1n) is 4.16. The molecule has 0 atom stereocenters. The standard InChI is InChI=1S/C8H5N5OS/c14-4-1-2-5-6(3-4)15-8(9-5)7-10-12-13-11-7/h1-3,14H,(H,10,11,12,13). The number of tetrazole rings is 1. The third kappa shape index (κ3) is 1.33. The minimum atomic E-state index is 0.228. The molecule has 0 spiro atoms. The summed E-state index contributed by atoms with van der Waals surface area (Å²) in [5.74, 6) is 0.696. The number of thiazole rings is 1. The van der Waals surface area contributed by atoms with Crippen LogP contribution >= 0.6 is 11.3 Å². The third-order valence-corrected chi connectivity index (χ3v) is 2.92. The number of nitrogens with one attached hydrogen (secondary N) is 1. The van der Waals surface area contributed by atoms with Crippen molar-refractivity contribution >= 4 is 21.6 Å². The van der Waals surface area contributed by atoms with Crippen LogP contribution in [-0.2, 0) is 0 Å².